The van der Waals surface area contributed by atoms with E-state index in [-0.39, 0.29) is 11.1 Å². The van der Waals surface area contributed by atoms with Crippen LogP contribution in [0.4, 0.5) is 0 Å². The second kappa shape index (κ2) is 10.6. The Morgan fingerprint density at radius 2 is 1.91 bits per heavy atom. The van der Waals surface area contributed by atoms with Crippen LogP contribution >= 0.6 is 0 Å². The molecular weight excluding hydrogens is 412 g/mol. The van der Waals surface area contributed by atoms with Crippen LogP contribution in [0.5, 0.6) is 5.75 Å². The van der Waals surface area contributed by atoms with E-state index in [0.29, 0.717) is 24.4 Å². The van der Waals surface area contributed by atoms with Gasteiger partial charge in [0.1, 0.15) is 12.4 Å². The maximum Gasteiger partial charge on any atom is 0.248 e. The molecule has 0 amide bonds. The van der Waals surface area contributed by atoms with Crippen molar-refractivity contribution in [3.05, 3.63) is 99.9 Å². The average molecular weight is 447 g/mol. The number of allylic oxidation sites excluding steroid dienone is 2. The van der Waals surface area contributed by atoms with E-state index in [4.69, 9.17) is 4.74 Å². The van der Waals surface area contributed by atoms with Crippen molar-refractivity contribution in [2.45, 2.75) is 52.4 Å². The summed E-state index contributed by atoms with van der Waals surface area (Å²) in [6.45, 7) is 13.0. The first-order valence-corrected chi connectivity index (χ1v) is 11.3. The molecule has 0 fully saturated rings. The molecule has 3 aromatic rings. The van der Waals surface area contributed by atoms with Crippen LogP contribution in [-0.2, 0) is 6.61 Å². The van der Waals surface area contributed by atoms with E-state index in [1.165, 1.54) is 11.6 Å². The molecule has 5 nitrogen and oxygen atoms in total. The largest absolute Gasteiger partial charge is 0.487 e. The average Bonchev–Trinajstić information content (AvgIpc) is 2.79. The molecule has 33 heavy (non-hydrogen) atoms. The fourth-order valence-corrected chi connectivity index (χ4v) is 3.99. The molecule has 0 saturated carbocycles. The Kier molecular flexibility index (Phi) is 7.90. The van der Waals surface area contributed by atoms with Crippen LogP contribution in [-0.4, -0.2) is 22.2 Å². The number of nitrogens with one attached hydrogen (secondary N) is 2. The van der Waals surface area contributed by atoms with Gasteiger partial charge in [-0.2, -0.15) is 0 Å². The minimum atomic E-state index is -0.760. The SMILES string of the molecule is C=C(C)/C=C(/CC)C(C)(C)NC[C@H](O)c1ccc(OCc2ccccc2)c2[nH]c(=O)ccc12. The molecule has 0 bridgehead atoms. The Labute approximate surface area is 195 Å². The fraction of sp³-hybridized carbons (Fsp3) is 0.321. The number of aliphatic hydroxyl groups is 1. The van der Waals surface area contributed by atoms with Gasteiger partial charge in [-0.1, -0.05) is 67.1 Å². The summed E-state index contributed by atoms with van der Waals surface area (Å²) in [6, 6.07) is 16.7. The van der Waals surface area contributed by atoms with E-state index in [1.807, 2.05) is 49.4 Å². The Balaban J connectivity index is 1.84. The molecule has 174 valence electrons. The third-order valence-corrected chi connectivity index (χ3v) is 5.83. The van der Waals surface area contributed by atoms with Crippen LogP contribution in [0.1, 0.15) is 51.3 Å². The van der Waals surface area contributed by atoms with Gasteiger partial charge >= 0.3 is 0 Å². The lowest BCUT2D eigenvalue weighted by Gasteiger charge is -2.31. The van der Waals surface area contributed by atoms with Gasteiger partial charge in [-0.05, 0) is 50.5 Å². The lowest BCUT2D eigenvalue weighted by molar-refractivity contribution is 0.166. The van der Waals surface area contributed by atoms with Crippen LogP contribution < -0.4 is 15.6 Å². The summed E-state index contributed by atoms with van der Waals surface area (Å²) < 4.78 is 6.01. The number of aliphatic hydroxyl groups excluding tert-OH is 1. The lowest BCUT2D eigenvalue weighted by atomic mass is 9.90. The number of H-pyrrole nitrogens is 1. The molecule has 3 N–H and O–H groups in total. The molecule has 3 rings (SSSR count). The Hall–Kier alpha value is -3.15. The first-order valence-electron chi connectivity index (χ1n) is 11.3. The quantitative estimate of drug-likeness (QED) is 0.364. The lowest BCUT2D eigenvalue weighted by Crippen LogP contribution is -2.43. The van der Waals surface area contributed by atoms with Gasteiger partial charge in [0.15, 0.2) is 0 Å². The number of pyridine rings is 1. The topological polar surface area (TPSA) is 74.3 Å². The van der Waals surface area contributed by atoms with Crippen molar-refractivity contribution < 1.29 is 9.84 Å². The number of aromatic amines is 1. The zero-order valence-corrected chi connectivity index (χ0v) is 19.9. The van der Waals surface area contributed by atoms with Crippen molar-refractivity contribution in [3.8, 4) is 5.75 Å². The Morgan fingerprint density at radius 1 is 1.18 bits per heavy atom. The third-order valence-electron chi connectivity index (χ3n) is 5.83. The monoisotopic (exact) mass is 446 g/mol. The summed E-state index contributed by atoms with van der Waals surface area (Å²) in [6.07, 6.45) is 2.22. The summed E-state index contributed by atoms with van der Waals surface area (Å²) in [5, 5.41) is 15.3. The van der Waals surface area contributed by atoms with Crippen LogP contribution in [0.25, 0.3) is 10.9 Å². The number of hydrogen-bond acceptors (Lipinski definition) is 4. The molecule has 0 aliphatic carbocycles. The highest BCUT2D eigenvalue weighted by Crippen LogP contribution is 2.31. The number of rotatable bonds is 10. The summed E-state index contributed by atoms with van der Waals surface area (Å²) in [4.78, 5) is 14.9. The van der Waals surface area contributed by atoms with Crippen molar-refractivity contribution in [1.29, 1.82) is 0 Å². The molecule has 0 aliphatic rings. The molecule has 5 heteroatoms. The van der Waals surface area contributed by atoms with Gasteiger partial charge in [-0.25, -0.2) is 0 Å². The van der Waals surface area contributed by atoms with Gasteiger partial charge in [-0.15, -0.1) is 0 Å². The van der Waals surface area contributed by atoms with Crippen molar-refractivity contribution in [2.24, 2.45) is 0 Å². The van der Waals surface area contributed by atoms with Crippen LogP contribution in [0.2, 0.25) is 0 Å². The molecule has 0 radical (unpaired) electrons. The van der Waals surface area contributed by atoms with Gasteiger partial charge in [0.2, 0.25) is 5.56 Å². The van der Waals surface area contributed by atoms with Crippen LogP contribution in [0.15, 0.2) is 83.2 Å². The van der Waals surface area contributed by atoms with Gasteiger partial charge in [-0.3, -0.25) is 4.79 Å². The predicted molar refractivity (Wildman–Crippen MR) is 136 cm³/mol. The number of fused-ring (bicyclic) bond motifs is 1. The number of hydrogen-bond donors (Lipinski definition) is 3. The van der Waals surface area contributed by atoms with Gasteiger partial charge in [0.05, 0.1) is 11.6 Å². The van der Waals surface area contributed by atoms with E-state index in [1.54, 1.807) is 6.07 Å². The third kappa shape index (κ3) is 6.21. The minimum absolute atomic E-state index is 0.213. The highest BCUT2D eigenvalue weighted by atomic mass is 16.5. The summed E-state index contributed by atoms with van der Waals surface area (Å²) in [5.74, 6) is 0.577. The minimum Gasteiger partial charge on any atom is -0.487 e. The van der Waals surface area contributed by atoms with E-state index in [0.717, 1.165) is 28.5 Å². The number of β-amino-alcohol motifs (C(OH)–C–C–N with tert-alkyl or cyclic N) is 1. The molecule has 0 spiro atoms. The highest BCUT2D eigenvalue weighted by molar-refractivity contribution is 5.87. The van der Waals surface area contributed by atoms with E-state index in [2.05, 4.69) is 43.7 Å². The molecular formula is C28H34N2O3. The normalized spacial score (nSPS) is 13.2. The second-order valence-corrected chi connectivity index (χ2v) is 8.93. The highest BCUT2D eigenvalue weighted by Gasteiger charge is 2.23. The van der Waals surface area contributed by atoms with Crippen LogP contribution in [0, 0.1) is 0 Å². The maximum atomic E-state index is 12.0. The van der Waals surface area contributed by atoms with Crippen molar-refractivity contribution in [3.63, 3.8) is 0 Å². The van der Waals surface area contributed by atoms with Gasteiger partial charge < -0.3 is 20.1 Å². The predicted octanol–water partition coefficient (Wildman–Crippen LogP) is 5.42. The molecule has 1 atom stereocenters. The van der Waals surface area contributed by atoms with E-state index >= 15 is 0 Å². The van der Waals surface area contributed by atoms with Crippen LogP contribution in [0.3, 0.4) is 0 Å². The smallest absolute Gasteiger partial charge is 0.248 e. The molecule has 1 heterocycles. The Morgan fingerprint density at radius 3 is 2.58 bits per heavy atom. The maximum absolute atomic E-state index is 12.0. The van der Waals surface area contributed by atoms with Crippen molar-refractivity contribution in [2.75, 3.05) is 6.54 Å². The van der Waals surface area contributed by atoms with Crippen molar-refractivity contribution in [1.82, 2.24) is 10.3 Å². The zero-order valence-electron chi connectivity index (χ0n) is 19.9. The van der Waals surface area contributed by atoms with E-state index in [9.17, 15) is 9.90 Å². The van der Waals surface area contributed by atoms with Gasteiger partial charge in [0.25, 0.3) is 0 Å². The van der Waals surface area contributed by atoms with E-state index < -0.39 is 6.10 Å². The Bertz CT molecular complexity index is 1190. The fourth-order valence-electron chi connectivity index (χ4n) is 3.99. The summed E-state index contributed by atoms with van der Waals surface area (Å²) >= 11 is 0. The standard InChI is InChI=1S/C28H34N2O3/c1-6-21(16-19(2)3)28(4,5)29-17-24(31)22-12-14-25(27-23(22)13-15-26(32)30-27)33-18-20-10-8-7-9-11-20/h7-16,24,29,31H,2,6,17-18H2,1,3-5H3,(H,30,32)/b21-16-/t24-/m0/s1. The number of aromatic nitrogens is 1. The number of ether oxygens (including phenoxy) is 1. The molecule has 0 unspecified atom stereocenters. The van der Waals surface area contributed by atoms with Gasteiger partial charge in [0, 0.05) is 23.5 Å². The zero-order chi connectivity index (χ0) is 24.0. The summed E-state index contributed by atoms with van der Waals surface area (Å²) in [7, 11) is 0. The first-order chi connectivity index (χ1) is 15.7. The summed E-state index contributed by atoms with van der Waals surface area (Å²) in [5.41, 5.74) is 4.08. The molecule has 1 aromatic heterocycles. The molecule has 0 saturated heterocycles. The van der Waals surface area contributed by atoms with Crippen molar-refractivity contribution >= 4 is 10.9 Å². The first kappa shape index (κ1) is 24.5. The second-order valence-electron chi connectivity index (χ2n) is 8.93. The molecule has 0 aliphatic heterocycles. The molecule has 2 aromatic carbocycles. The number of benzene rings is 2.